The highest BCUT2D eigenvalue weighted by Gasteiger charge is 2.32. The third kappa shape index (κ3) is 4.81. The van der Waals surface area contributed by atoms with Crippen molar-refractivity contribution in [3.05, 3.63) is 29.8 Å². The first-order chi connectivity index (χ1) is 9.57. The number of carbonyl (C=O) groups is 1. The van der Waals surface area contributed by atoms with Crippen LogP contribution in [0.25, 0.3) is 0 Å². The van der Waals surface area contributed by atoms with E-state index in [1.54, 1.807) is 11.8 Å². The highest BCUT2D eigenvalue weighted by Crippen LogP contribution is 2.19. The van der Waals surface area contributed by atoms with Crippen LogP contribution in [0.1, 0.15) is 18.4 Å². The van der Waals surface area contributed by atoms with Crippen LogP contribution in [0.4, 0.5) is 0 Å². The van der Waals surface area contributed by atoms with Gasteiger partial charge >= 0.3 is 0 Å². The molecule has 1 saturated heterocycles. The summed E-state index contributed by atoms with van der Waals surface area (Å²) in [5.41, 5.74) is 0.360. The van der Waals surface area contributed by atoms with Crippen molar-refractivity contribution in [2.75, 3.05) is 25.5 Å². The molecule has 1 aromatic rings. The maximum atomic E-state index is 11.7. The molecule has 2 N–H and O–H groups in total. The molecule has 1 aliphatic heterocycles. The Morgan fingerprint density at radius 3 is 2.85 bits per heavy atom. The molecule has 1 aliphatic rings. The normalized spacial score (nSPS) is 21.9. The lowest BCUT2D eigenvalue weighted by atomic mass is 10.0. The van der Waals surface area contributed by atoms with E-state index in [0.717, 1.165) is 5.75 Å². The van der Waals surface area contributed by atoms with Gasteiger partial charge in [-0.2, -0.15) is 0 Å². The van der Waals surface area contributed by atoms with E-state index in [0.29, 0.717) is 26.1 Å². The number of amides is 1. The number of nitrogens with one attached hydrogen (secondary N) is 1. The third-order valence-corrected chi connectivity index (χ3v) is 4.33. The number of thioether (sulfide) groups is 1. The number of aliphatic hydroxyl groups is 1. The predicted molar refractivity (Wildman–Crippen MR) is 79.9 cm³/mol. The van der Waals surface area contributed by atoms with Crippen LogP contribution >= 0.6 is 11.8 Å². The Kier molecular flexibility index (Phi) is 5.46. The van der Waals surface area contributed by atoms with Crippen LogP contribution in [0, 0.1) is 6.92 Å². The van der Waals surface area contributed by atoms with Crippen LogP contribution < -0.4 is 5.32 Å². The Morgan fingerprint density at radius 2 is 2.20 bits per heavy atom. The fourth-order valence-electron chi connectivity index (χ4n) is 1.98. The molecular weight excluding hydrogens is 274 g/mol. The fourth-order valence-corrected chi connectivity index (χ4v) is 2.84. The predicted octanol–water partition coefficient (Wildman–Crippen LogP) is 1.74. The molecule has 0 radical (unpaired) electrons. The molecule has 4 nitrogen and oxygen atoms in total. The Hall–Kier alpha value is -1.04. The SMILES string of the molecule is Cc1ccc(SCCC(=O)NCC2(O)CCOC2)cc1. The van der Waals surface area contributed by atoms with Crippen LogP contribution in [0.3, 0.4) is 0 Å². The van der Waals surface area contributed by atoms with Crippen LogP contribution in [0.15, 0.2) is 29.2 Å². The number of hydrogen-bond acceptors (Lipinski definition) is 4. The zero-order chi connectivity index (χ0) is 14.4. The number of benzene rings is 1. The smallest absolute Gasteiger partial charge is 0.220 e. The van der Waals surface area contributed by atoms with Crippen molar-refractivity contribution in [3.63, 3.8) is 0 Å². The Balaban J connectivity index is 1.64. The van der Waals surface area contributed by atoms with E-state index in [1.807, 2.05) is 0 Å². The molecule has 2 rings (SSSR count). The maximum absolute atomic E-state index is 11.7. The molecule has 1 heterocycles. The lowest BCUT2D eigenvalue weighted by Crippen LogP contribution is -2.43. The molecule has 1 unspecified atom stereocenters. The first-order valence-electron chi connectivity index (χ1n) is 6.84. The zero-order valence-electron chi connectivity index (χ0n) is 11.7. The van der Waals surface area contributed by atoms with Crippen LogP contribution in [-0.2, 0) is 9.53 Å². The van der Waals surface area contributed by atoms with Gasteiger partial charge in [-0.05, 0) is 19.1 Å². The highest BCUT2D eigenvalue weighted by molar-refractivity contribution is 7.99. The summed E-state index contributed by atoms with van der Waals surface area (Å²) >= 11 is 1.67. The fraction of sp³-hybridized carbons (Fsp3) is 0.533. The van der Waals surface area contributed by atoms with Gasteiger partial charge in [-0.1, -0.05) is 17.7 Å². The van der Waals surface area contributed by atoms with E-state index in [-0.39, 0.29) is 12.5 Å². The first kappa shape index (κ1) is 15.4. The molecule has 110 valence electrons. The minimum absolute atomic E-state index is 0.0232. The second-order valence-electron chi connectivity index (χ2n) is 5.22. The van der Waals surface area contributed by atoms with Gasteiger partial charge in [0.15, 0.2) is 0 Å². The number of carbonyl (C=O) groups excluding carboxylic acids is 1. The van der Waals surface area contributed by atoms with E-state index in [1.165, 1.54) is 10.5 Å². The Bertz CT molecular complexity index is 441. The van der Waals surface area contributed by atoms with Crippen LogP contribution in [0.5, 0.6) is 0 Å². The van der Waals surface area contributed by atoms with Gasteiger partial charge in [0.25, 0.3) is 0 Å². The second-order valence-corrected chi connectivity index (χ2v) is 6.38. The lowest BCUT2D eigenvalue weighted by molar-refractivity contribution is -0.121. The van der Waals surface area contributed by atoms with Crippen molar-refractivity contribution < 1.29 is 14.6 Å². The Morgan fingerprint density at radius 1 is 1.45 bits per heavy atom. The number of ether oxygens (including phenoxy) is 1. The highest BCUT2D eigenvalue weighted by atomic mass is 32.2. The minimum atomic E-state index is -0.875. The first-order valence-corrected chi connectivity index (χ1v) is 7.82. The van der Waals surface area contributed by atoms with E-state index < -0.39 is 5.60 Å². The quantitative estimate of drug-likeness (QED) is 0.785. The molecule has 1 amide bonds. The van der Waals surface area contributed by atoms with Gasteiger partial charge in [-0.15, -0.1) is 11.8 Å². The van der Waals surface area contributed by atoms with Gasteiger partial charge in [0, 0.05) is 36.6 Å². The zero-order valence-corrected chi connectivity index (χ0v) is 12.5. The van der Waals surface area contributed by atoms with Crippen LogP contribution in [-0.4, -0.2) is 42.1 Å². The summed E-state index contributed by atoms with van der Waals surface area (Å²) in [6.07, 6.45) is 1.04. The summed E-state index contributed by atoms with van der Waals surface area (Å²) in [5.74, 6) is 0.717. The van der Waals surface area contributed by atoms with Crippen molar-refractivity contribution in [3.8, 4) is 0 Å². The Labute approximate surface area is 123 Å². The van der Waals surface area contributed by atoms with E-state index in [9.17, 15) is 9.90 Å². The second kappa shape index (κ2) is 7.11. The topological polar surface area (TPSA) is 58.6 Å². The molecule has 0 spiro atoms. The minimum Gasteiger partial charge on any atom is -0.386 e. The van der Waals surface area contributed by atoms with Gasteiger partial charge in [-0.3, -0.25) is 4.79 Å². The van der Waals surface area contributed by atoms with Gasteiger partial charge in [0.2, 0.25) is 5.91 Å². The van der Waals surface area contributed by atoms with Gasteiger partial charge in [-0.25, -0.2) is 0 Å². The maximum Gasteiger partial charge on any atom is 0.220 e. The molecule has 1 aromatic carbocycles. The summed E-state index contributed by atoms with van der Waals surface area (Å²) < 4.78 is 5.14. The number of hydrogen-bond donors (Lipinski definition) is 2. The summed E-state index contributed by atoms with van der Waals surface area (Å²) in [6, 6.07) is 8.27. The standard InChI is InChI=1S/C15H21NO3S/c1-12-2-4-13(5-3-12)20-9-6-14(17)16-10-15(18)7-8-19-11-15/h2-5,18H,6-11H2,1H3,(H,16,17). The van der Waals surface area contributed by atoms with E-state index in [2.05, 4.69) is 36.5 Å². The molecule has 0 aliphatic carbocycles. The molecule has 20 heavy (non-hydrogen) atoms. The third-order valence-electron chi connectivity index (χ3n) is 3.32. The van der Waals surface area contributed by atoms with E-state index in [4.69, 9.17) is 4.74 Å². The summed E-state index contributed by atoms with van der Waals surface area (Å²) in [4.78, 5) is 12.9. The molecule has 1 atom stereocenters. The summed E-state index contributed by atoms with van der Waals surface area (Å²) in [5, 5.41) is 12.8. The molecular formula is C15H21NO3S. The average molecular weight is 295 g/mol. The molecule has 1 fully saturated rings. The van der Waals surface area contributed by atoms with Crippen molar-refractivity contribution in [2.24, 2.45) is 0 Å². The van der Waals surface area contributed by atoms with Crippen LogP contribution in [0.2, 0.25) is 0 Å². The van der Waals surface area contributed by atoms with Gasteiger partial charge in [0.05, 0.1) is 6.61 Å². The summed E-state index contributed by atoms with van der Waals surface area (Å²) in [6.45, 7) is 3.21. The largest absolute Gasteiger partial charge is 0.386 e. The monoisotopic (exact) mass is 295 g/mol. The van der Waals surface area contributed by atoms with Crippen molar-refractivity contribution in [1.82, 2.24) is 5.32 Å². The number of rotatable bonds is 6. The van der Waals surface area contributed by atoms with Crippen molar-refractivity contribution >= 4 is 17.7 Å². The summed E-state index contributed by atoms with van der Waals surface area (Å²) in [7, 11) is 0. The van der Waals surface area contributed by atoms with Crippen molar-refractivity contribution in [2.45, 2.75) is 30.3 Å². The lowest BCUT2D eigenvalue weighted by Gasteiger charge is -2.20. The van der Waals surface area contributed by atoms with E-state index >= 15 is 0 Å². The molecule has 0 saturated carbocycles. The van der Waals surface area contributed by atoms with Gasteiger partial charge < -0.3 is 15.2 Å². The molecule has 5 heteroatoms. The van der Waals surface area contributed by atoms with Crippen molar-refractivity contribution in [1.29, 1.82) is 0 Å². The average Bonchev–Trinajstić information content (AvgIpc) is 2.86. The number of aryl methyl sites for hydroxylation is 1. The van der Waals surface area contributed by atoms with Gasteiger partial charge in [0.1, 0.15) is 5.60 Å². The molecule has 0 bridgehead atoms. The molecule has 0 aromatic heterocycles.